The van der Waals surface area contributed by atoms with Gasteiger partial charge >= 0.3 is 5.97 Å². The fraction of sp³-hybridized carbons (Fsp3) is 0.211. The minimum Gasteiger partial charge on any atom is -0.453 e. The molecule has 6 nitrogen and oxygen atoms in total. The van der Waals surface area contributed by atoms with Gasteiger partial charge in [-0.05, 0) is 37.6 Å². The van der Waals surface area contributed by atoms with Crippen molar-refractivity contribution in [3.05, 3.63) is 59.7 Å². The fourth-order valence-corrected chi connectivity index (χ4v) is 2.33. The Morgan fingerprint density at radius 2 is 1.64 bits per heavy atom. The molecule has 2 N–H and O–H groups in total. The van der Waals surface area contributed by atoms with Crippen LogP contribution in [0.5, 0.6) is 0 Å². The lowest BCUT2D eigenvalue weighted by Crippen LogP contribution is -2.30. The zero-order valence-corrected chi connectivity index (χ0v) is 14.3. The van der Waals surface area contributed by atoms with Gasteiger partial charge in [0.25, 0.3) is 11.8 Å². The minimum absolute atomic E-state index is 0.334. The number of carbonyl (C=O) groups excluding carboxylic acids is 3. The third-order valence-electron chi connectivity index (χ3n) is 3.50. The van der Waals surface area contributed by atoms with Crippen molar-refractivity contribution in [1.82, 2.24) is 0 Å². The number of carbonyl (C=O) groups is 3. The van der Waals surface area contributed by atoms with Crippen molar-refractivity contribution in [2.24, 2.45) is 0 Å². The van der Waals surface area contributed by atoms with Gasteiger partial charge in [0.1, 0.15) is 0 Å². The second kappa shape index (κ2) is 8.10. The van der Waals surface area contributed by atoms with Crippen LogP contribution in [0.25, 0.3) is 0 Å². The molecule has 0 heterocycles. The zero-order chi connectivity index (χ0) is 18.4. The predicted octanol–water partition coefficient (Wildman–Crippen LogP) is 3.14. The molecule has 0 saturated heterocycles. The average Bonchev–Trinajstić information content (AvgIpc) is 2.55. The van der Waals surface area contributed by atoms with E-state index >= 15 is 0 Å². The van der Waals surface area contributed by atoms with E-state index in [4.69, 9.17) is 4.74 Å². The third-order valence-corrected chi connectivity index (χ3v) is 3.50. The summed E-state index contributed by atoms with van der Waals surface area (Å²) in [6.07, 6.45) is -0.956. The average molecular weight is 340 g/mol. The number of benzene rings is 2. The molecule has 0 spiro atoms. The molecular formula is C19H20N2O4. The van der Waals surface area contributed by atoms with Crippen LogP contribution in [0, 0.1) is 6.92 Å². The number of para-hydroxylation sites is 1. The van der Waals surface area contributed by atoms with E-state index in [-0.39, 0.29) is 5.91 Å². The Bertz CT molecular complexity index is 787. The van der Waals surface area contributed by atoms with Crippen LogP contribution in [-0.2, 0) is 14.3 Å². The van der Waals surface area contributed by atoms with E-state index in [2.05, 4.69) is 10.6 Å². The van der Waals surface area contributed by atoms with Crippen molar-refractivity contribution >= 4 is 29.2 Å². The molecule has 0 radical (unpaired) electrons. The van der Waals surface area contributed by atoms with Gasteiger partial charge in [-0.15, -0.1) is 0 Å². The van der Waals surface area contributed by atoms with E-state index in [0.717, 1.165) is 0 Å². The normalized spacial score (nSPS) is 11.3. The molecule has 1 atom stereocenters. The number of hydrogen-bond donors (Lipinski definition) is 2. The second-order valence-electron chi connectivity index (χ2n) is 5.56. The Balaban J connectivity index is 2.22. The SMILES string of the molecule is CC(=O)OC(C)C(=O)Nc1cccc(C)c1C(=O)Nc1ccccc1. The van der Waals surface area contributed by atoms with Gasteiger partial charge in [0, 0.05) is 12.6 Å². The zero-order valence-electron chi connectivity index (χ0n) is 14.3. The first-order chi connectivity index (χ1) is 11.9. The maximum Gasteiger partial charge on any atom is 0.303 e. The summed E-state index contributed by atoms with van der Waals surface area (Å²) in [6.45, 7) is 4.48. The Kier molecular flexibility index (Phi) is 5.89. The van der Waals surface area contributed by atoms with Gasteiger partial charge in [0.2, 0.25) is 0 Å². The van der Waals surface area contributed by atoms with Crippen molar-refractivity contribution < 1.29 is 19.1 Å². The minimum atomic E-state index is -0.956. The maximum absolute atomic E-state index is 12.6. The molecule has 2 aromatic rings. The number of anilines is 2. The van der Waals surface area contributed by atoms with E-state index < -0.39 is 18.0 Å². The number of rotatable bonds is 5. The first kappa shape index (κ1) is 18.2. The Morgan fingerprint density at radius 1 is 0.960 bits per heavy atom. The molecule has 0 aliphatic heterocycles. The van der Waals surface area contributed by atoms with Gasteiger partial charge in [0.05, 0.1) is 11.3 Å². The number of nitrogens with one attached hydrogen (secondary N) is 2. The lowest BCUT2D eigenvalue weighted by atomic mass is 10.1. The lowest BCUT2D eigenvalue weighted by molar-refractivity contribution is -0.150. The molecule has 0 aliphatic rings. The van der Waals surface area contributed by atoms with Gasteiger partial charge in [-0.2, -0.15) is 0 Å². The monoisotopic (exact) mass is 340 g/mol. The number of ether oxygens (including phenoxy) is 1. The molecule has 25 heavy (non-hydrogen) atoms. The Morgan fingerprint density at radius 3 is 2.28 bits per heavy atom. The first-order valence-electron chi connectivity index (χ1n) is 7.82. The van der Waals surface area contributed by atoms with Crippen LogP contribution in [0.4, 0.5) is 11.4 Å². The van der Waals surface area contributed by atoms with E-state index in [1.807, 2.05) is 18.2 Å². The standard InChI is InChI=1S/C19H20N2O4/c1-12-8-7-11-16(21-18(23)13(2)25-14(3)22)17(12)19(24)20-15-9-5-4-6-10-15/h4-11,13H,1-3H3,(H,20,24)(H,21,23). The summed E-state index contributed by atoms with van der Waals surface area (Å²) < 4.78 is 4.86. The predicted molar refractivity (Wildman–Crippen MR) is 95.4 cm³/mol. The third kappa shape index (κ3) is 4.91. The summed E-state index contributed by atoms with van der Waals surface area (Å²) in [5.41, 5.74) is 2.08. The fourth-order valence-electron chi connectivity index (χ4n) is 2.33. The molecule has 2 aromatic carbocycles. The number of amides is 2. The summed E-state index contributed by atoms with van der Waals surface area (Å²) in [7, 11) is 0. The number of aryl methyl sites for hydroxylation is 1. The summed E-state index contributed by atoms with van der Waals surface area (Å²) in [5, 5.41) is 5.44. The van der Waals surface area contributed by atoms with E-state index in [9.17, 15) is 14.4 Å². The van der Waals surface area contributed by atoms with Gasteiger partial charge in [-0.1, -0.05) is 30.3 Å². The van der Waals surface area contributed by atoms with Gasteiger partial charge in [0.15, 0.2) is 6.10 Å². The summed E-state index contributed by atoms with van der Waals surface area (Å²) in [4.78, 5) is 35.8. The van der Waals surface area contributed by atoms with Crippen molar-refractivity contribution in [3.8, 4) is 0 Å². The Hall–Kier alpha value is -3.15. The summed E-state index contributed by atoms with van der Waals surface area (Å²) >= 11 is 0. The second-order valence-corrected chi connectivity index (χ2v) is 5.56. The molecule has 0 aliphatic carbocycles. The molecule has 1 unspecified atom stereocenters. The summed E-state index contributed by atoms with van der Waals surface area (Å²) in [6, 6.07) is 14.2. The molecule has 0 fully saturated rings. The highest BCUT2D eigenvalue weighted by atomic mass is 16.5. The summed E-state index contributed by atoms with van der Waals surface area (Å²) in [5.74, 6) is -1.39. The molecule has 2 amide bonds. The van der Waals surface area contributed by atoms with Gasteiger partial charge < -0.3 is 15.4 Å². The molecule has 6 heteroatoms. The van der Waals surface area contributed by atoms with Crippen LogP contribution < -0.4 is 10.6 Å². The molecule has 0 bridgehead atoms. The Labute approximate surface area is 146 Å². The molecule has 0 aromatic heterocycles. The molecular weight excluding hydrogens is 320 g/mol. The van der Waals surface area contributed by atoms with Crippen molar-refractivity contribution in [2.75, 3.05) is 10.6 Å². The van der Waals surface area contributed by atoms with Crippen LogP contribution in [0.1, 0.15) is 29.8 Å². The smallest absolute Gasteiger partial charge is 0.303 e. The van der Waals surface area contributed by atoms with Crippen molar-refractivity contribution in [1.29, 1.82) is 0 Å². The van der Waals surface area contributed by atoms with Crippen LogP contribution >= 0.6 is 0 Å². The molecule has 130 valence electrons. The van der Waals surface area contributed by atoms with Crippen molar-refractivity contribution in [2.45, 2.75) is 26.9 Å². The van der Waals surface area contributed by atoms with Gasteiger partial charge in [-0.3, -0.25) is 14.4 Å². The van der Waals surface area contributed by atoms with Gasteiger partial charge in [-0.25, -0.2) is 0 Å². The van der Waals surface area contributed by atoms with Crippen LogP contribution in [0.2, 0.25) is 0 Å². The van der Waals surface area contributed by atoms with Crippen LogP contribution in [0.3, 0.4) is 0 Å². The van der Waals surface area contributed by atoms with Crippen LogP contribution in [0.15, 0.2) is 48.5 Å². The van der Waals surface area contributed by atoms with Crippen molar-refractivity contribution in [3.63, 3.8) is 0 Å². The van der Waals surface area contributed by atoms with E-state index in [0.29, 0.717) is 22.5 Å². The number of esters is 1. The highest BCUT2D eigenvalue weighted by Crippen LogP contribution is 2.22. The number of hydrogen-bond acceptors (Lipinski definition) is 4. The van der Waals surface area contributed by atoms with E-state index in [1.165, 1.54) is 13.8 Å². The highest BCUT2D eigenvalue weighted by Gasteiger charge is 2.20. The van der Waals surface area contributed by atoms with E-state index in [1.54, 1.807) is 37.3 Å². The first-order valence-corrected chi connectivity index (χ1v) is 7.82. The van der Waals surface area contributed by atoms with Crippen LogP contribution in [-0.4, -0.2) is 23.9 Å². The topological polar surface area (TPSA) is 84.5 Å². The maximum atomic E-state index is 12.6. The largest absolute Gasteiger partial charge is 0.453 e. The molecule has 0 saturated carbocycles. The highest BCUT2D eigenvalue weighted by molar-refractivity contribution is 6.11. The lowest BCUT2D eigenvalue weighted by Gasteiger charge is -2.16. The quantitative estimate of drug-likeness (QED) is 0.819. The molecule has 2 rings (SSSR count).